The monoisotopic (exact) mass is 413 g/mol. The standard InChI is InChI=1S/C20H23N5O3S/c1-14-6-5-7-16(10-14)25-20(21-22-23-25)29-13-19(26)24(2)12-15-8-9-17(27-3)18(11-15)28-4/h5-11H,12-13H2,1-4H3. The number of aryl methyl sites for hydroxylation is 1. The number of hydrogen-bond donors (Lipinski definition) is 0. The summed E-state index contributed by atoms with van der Waals surface area (Å²) in [5.41, 5.74) is 2.93. The Morgan fingerprint density at radius 1 is 1.14 bits per heavy atom. The molecule has 0 spiro atoms. The Hall–Kier alpha value is -3.07. The summed E-state index contributed by atoms with van der Waals surface area (Å²) in [6, 6.07) is 13.5. The summed E-state index contributed by atoms with van der Waals surface area (Å²) in [7, 11) is 4.95. The molecular weight excluding hydrogens is 390 g/mol. The van der Waals surface area contributed by atoms with Crippen molar-refractivity contribution in [3.8, 4) is 17.2 Å². The van der Waals surface area contributed by atoms with E-state index < -0.39 is 0 Å². The Balaban J connectivity index is 1.62. The number of aromatic nitrogens is 4. The second kappa shape index (κ2) is 9.42. The predicted molar refractivity (Wildman–Crippen MR) is 111 cm³/mol. The molecule has 0 unspecified atom stereocenters. The molecule has 0 bridgehead atoms. The van der Waals surface area contributed by atoms with E-state index in [-0.39, 0.29) is 11.7 Å². The molecule has 0 saturated heterocycles. The van der Waals surface area contributed by atoms with Gasteiger partial charge in [-0.1, -0.05) is 30.0 Å². The third-order valence-corrected chi connectivity index (χ3v) is 5.21. The fraction of sp³-hybridized carbons (Fsp3) is 0.300. The molecule has 0 saturated carbocycles. The molecule has 0 aliphatic carbocycles. The van der Waals surface area contributed by atoms with Crippen LogP contribution in [0.2, 0.25) is 0 Å². The smallest absolute Gasteiger partial charge is 0.233 e. The number of carbonyl (C=O) groups excluding carboxylic acids is 1. The van der Waals surface area contributed by atoms with Crippen LogP contribution < -0.4 is 9.47 Å². The highest BCUT2D eigenvalue weighted by Crippen LogP contribution is 2.28. The molecule has 9 heteroatoms. The average Bonchev–Trinajstić information content (AvgIpc) is 3.20. The lowest BCUT2D eigenvalue weighted by Gasteiger charge is -2.18. The van der Waals surface area contributed by atoms with E-state index in [1.54, 1.807) is 30.8 Å². The summed E-state index contributed by atoms with van der Waals surface area (Å²) < 4.78 is 12.2. The molecule has 2 aromatic carbocycles. The minimum atomic E-state index is -0.0245. The zero-order valence-electron chi connectivity index (χ0n) is 16.8. The summed E-state index contributed by atoms with van der Waals surface area (Å²) in [6.45, 7) is 2.47. The quantitative estimate of drug-likeness (QED) is 0.525. The molecular formula is C20H23N5O3S. The third-order valence-electron chi connectivity index (χ3n) is 4.31. The van der Waals surface area contributed by atoms with Gasteiger partial charge in [-0.25, -0.2) is 0 Å². The van der Waals surface area contributed by atoms with E-state index in [4.69, 9.17) is 9.47 Å². The fourth-order valence-corrected chi connectivity index (χ4v) is 3.60. The van der Waals surface area contributed by atoms with Gasteiger partial charge < -0.3 is 14.4 Å². The molecule has 3 aromatic rings. The van der Waals surface area contributed by atoms with Crippen molar-refractivity contribution in [3.63, 3.8) is 0 Å². The van der Waals surface area contributed by atoms with Crippen LogP contribution in [-0.4, -0.2) is 58.0 Å². The molecule has 0 aliphatic rings. The Morgan fingerprint density at radius 2 is 1.93 bits per heavy atom. The van der Waals surface area contributed by atoms with Gasteiger partial charge in [0.05, 0.1) is 25.7 Å². The Kier molecular flexibility index (Phi) is 6.71. The Labute approximate surface area is 173 Å². The topological polar surface area (TPSA) is 82.4 Å². The molecule has 1 aromatic heterocycles. The minimum absolute atomic E-state index is 0.0245. The highest BCUT2D eigenvalue weighted by Gasteiger charge is 2.15. The van der Waals surface area contributed by atoms with Crippen molar-refractivity contribution in [2.45, 2.75) is 18.6 Å². The van der Waals surface area contributed by atoms with E-state index in [0.29, 0.717) is 23.2 Å². The number of ether oxygens (including phenoxy) is 2. The first-order valence-corrected chi connectivity index (χ1v) is 9.93. The SMILES string of the molecule is COc1ccc(CN(C)C(=O)CSc2nnnn2-c2cccc(C)c2)cc1OC. The molecule has 3 rings (SSSR count). The number of hydrogen-bond acceptors (Lipinski definition) is 7. The molecule has 152 valence electrons. The van der Waals surface area contributed by atoms with Gasteiger partial charge in [0.2, 0.25) is 11.1 Å². The van der Waals surface area contributed by atoms with Crippen molar-refractivity contribution in [2.75, 3.05) is 27.0 Å². The molecule has 0 N–H and O–H groups in total. The zero-order chi connectivity index (χ0) is 20.8. The van der Waals surface area contributed by atoms with Crippen molar-refractivity contribution in [1.29, 1.82) is 0 Å². The normalized spacial score (nSPS) is 10.6. The van der Waals surface area contributed by atoms with E-state index >= 15 is 0 Å². The maximum atomic E-state index is 12.6. The number of tetrazole rings is 1. The highest BCUT2D eigenvalue weighted by molar-refractivity contribution is 7.99. The van der Waals surface area contributed by atoms with Crippen LogP contribution in [0.15, 0.2) is 47.6 Å². The van der Waals surface area contributed by atoms with Crippen LogP contribution in [0.4, 0.5) is 0 Å². The van der Waals surface area contributed by atoms with Crippen LogP contribution in [0.25, 0.3) is 5.69 Å². The van der Waals surface area contributed by atoms with E-state index in [2.05, 4.69) is 15.5 Å². The van der Waals surface area contributed by atoms with E-state index in [9.17, 15) is 4.79 Å². The molecule has 0 fully saturated rings. The summed E-state index contributed by atoms with van der Waals surface area (Å²) in [6.07, 6.45) is 0. The van der Waals surface area contributed by atoms with Gasteiger partial charge in [-0.05, 0) is 52.7 Å². The van der Waals surface area contributed by atoms with Crippen LogP contribution in [0, 0.1) is 6.92 Å². The van der Waals surface area contributed by atoms with Gasteiger partial charge in [0.25, 0.3) is 0 Å². The fourth-order valence-electron chi connectivity index (χ4n) is 2.77. The van der Waals surface area contributed by atoms with Gasteiger partial charge in [0.1, 0.15) is 0 Å². The molecule has 0 atom stereocenters. The maximum Gasteiger partial charge on any atom is 0.233 e. The van der Waals surface area contributed by atoms with Gasteiger partial charge >= 0.3 is 0 Å². The summed E-state index contributed by atoms with van der Waals surface area (Å²) in [4.78, 5) is 14.3. The first-order valence-electron chi connectivity index (χ1n) is 8.95. The van der Waals surface area contributed by atoms with Crippen molar-refractivity contribution >= 4 is 17.7 Å². The zero-order valence-corrected chi connectivity index (χ0v) is 17.6. The van der Waals surface area contributed by atoms with Crippen LogP contribution in [0.3, 0.4) is 0 Å². The molecule has 0 aliphatic heterocycles. The van der Waals surface area contributed by atoms with Gasteiger partial charge in [0, 0.05) is 13.6 Å². The lowest BCUT2D eigenvalue weighted by atomic mass is 10.2. The number of nitrogens with zero attached hydrogens (tertiary/aromatic N) is 5. The number of benzene rings is 2. The summed E-state index contributed by atoms with van der Waals surface area (Å²) in [5, 5.41) is 12.4. The second-order valence-corrected chi connectivity index (χ2v) is 7.38. The van der Waals surface area contributed by atoms with Gasteiger partial charge in [0.15, 0.2) is 11.5 Å². The Bertz CT molecular complexity index is 992. The second-order valence-electron chi connectivity index (χ2n) is 6.44. The predicted octanol–water partition coefficient (Wildman–Crippen LogP) is 2.74. The number of carbonyl (C=O) groups is 1. The minimum Gasteiger partial charge on any atom is -0.493 e. The summed E-state index contributed by atoms with van der Waals surface area (Å²) in [5.74, 6) is 1.50. The van der Waals surface area contributed by atoms with Crippen LogP contribution in [0.1, 0.15) is 11.1 Å². The lowest BCUT2D eigenvalue weighted by Crippen LogP contribution is -2.28. The molecule has 8 nitrogen and oxygen atoms in total. The average molecular weight is 414 g/mol. The lowest BCUT2D eigenvalue weighted by molar-refractivity contribution is -0.127. The maximum absolute atomic E-state index is 12.6. The number of thioether (sulfide) groups is 1. The number of methoxy groups -OCH3 is 2. The van der Waals surface area contributed by atoms with Gasteiger partial charge in [-0.3, -0.25) is 4.79 Å². The van der Waals surface area contributed by atoms with E-state index in [1.165, 1.54) is 11.8 Å². The van der Waals surface area contributed by atoms with Crippen molar-refractivity contribution in [1.82, 2.24) is 25.1 Å². The number of rotatable bonds is 8. The first-order chi connectivity index (χ1) is 14.0. The van der Waals surface area contributed by atoms with E-state index in [1.807, 2.05) is 49.4 Å². The van der Waals surface area contributed by atoms with Gasteiger partial charge in [-0.2, -0.15) is 4.68 Å². The van der Waals surface area contributed by atoms with Crippen molar-refractivity contribution in [2.24, 2.45) is 0 Å². The summed E-state index contributed by atoms with van der Waals surface area (Å²) >= 11 is 1.31. The van der Waals surface area contributed by atoms with Crippen LogP contribution in [-0.2, 0) is 11.3 Å². The molecule has 1 amide bonds. The number of amides is 1. The van der Waals surface area contributed by atoms with Crippen molar-refractivity contribution < 1.29 is 14.3 Å². The van der Waals surface area contributed by atoms with Crippen molar-refractivity contribution in [3.05, 3.63) is 53.6 Å². The first kappa shape index (κ1) is 20.7. The third kappa shape index (κ3) is 5.05. The van der Waals surface area contributed by atoms with Crippen LogP contribution in [0.5, 0.6) is 11.5 Å². The molecule has 0 radical (unpaired) electrons. The highest BCUT2D eigenvalue weighted by atomic mass is 32.2. The largest absolute Gasteiger partial charge is 0.493 e. The Morgan fingerprint density at radius 3 is 2.66 bits per heavy atom. The van der Waals surface area contributed by atoms with E-state index in [0.717, 1.165) is 16.8 Å². The molecule has 29 heavy (non-hydrogen) atoms. The van der Waals surface area contributed by atoms with Gasteiger partial charge in [-0.15, -0.1) is 5.10 Å². The van der Waals surface area contributed by atoms with Crippen LogP contribution >= 0.6 is 11.8 Å². The molecule has 1 heterocycles.